The average Bonchev–Trinajstić information content (AvgIpc) is 3.03. The Kier molecular flexibility index (Phi) is 7.12. The van der Waals surface area contributed by atoms with E-state index in [1.54, 1.807) is 24.3 Å². The Bertz CT molecular complexity index is 891. The zero-order chi connectivity index (χ0) is 22.5. The van der Waals surface area contributed by atoms with Crippen molar-refractivity contribution < 1.29 is 14.3 Å². The minimum Gasteiger partial charge on any atom is -0.492 e. The fraction of sp³-hybridized carbons (Fsp3) is 0.500. The van der Waals surface area contributed by atoms with Crippen molar-refractivity contribution >= 4 is 23.4 Å². The fourth-order valence-electron chi connectivity index (χ4n) is 2.71. The molecule has 0 aliphatic rings. The van der Waals surface area contributed by atoms with Gasteiger partial charge >= 0.3 is 6.03 Å². The van der Waals surface area contributed by atoms with Gasteiger partial charge in [-0.1, -0.05) is 26.8 Å². The van der Waals surface area contributed by atoms with Crippen LogP contribution in [0, 0.1) is 0 Å². The number of amides is 3. The summed E-state index contributed by atoms with van der Waals surface area (Å²) in [5.74, 6) is 1.12. The summed E-state index contributed by atoms with van der Waals surface area (Å²) in [7, 11) is 0. The SMILES string of the molecule is CC(=O)Nc1cccc(OCCNC(=O)Nc2cc(C(C)(C)C)nn2C(C)(C)C)c1. The van der Waals surface area contributed by atoms with Crippen molar-refractivity contribution in [3.63, 3.8) is 0 Å². The van der Waals surface area contributed by atoms with E-state index in [4.69, 9.17) is 9.84 Å². The number of rotatable bonds is 6. The summed E-state index contributed by atoms with van der Waals surface area (Å²) in [6.45, 7) is 14.5. The number of benzene rings is 1. The molecule has 0 fully saturated rings. The number of nitrogens with zero attached hydrogens (tertiary/aromatic N) is 2. The molecule has 0 spiro atoms. The predicted octanol–water partition coefficient (Wildman–Crippen LogP) is 4.09. The summed E-state index contributed by atoms with van der Waals surface area (Å²) in [6.07, 6.45) is 0. The second kappa shape index (κ2) is 9.19. The Morgan fingerprint density at radius 3 is 2.37 bits per heavy atom. The van der Waals surface area contributed by atoms with Crippen molar-refractivity contribution in [1.82, 2.24) is 15.1 Å². The van der Waals surface area contributed by atoms with E-state index in [0.717, 1.165) is 5.69 Å². The number of nitrogens with one attached hydrogen (secondary N) is 3. The molecule has 0 aliphatic heterocycles. The zero-order valence-electron chi connectivity index (χ0n) is 18.9. The van der Waals surface area contributed by atoms with E-state index in [0.29, 0.717) is 30.4 Å². The second-order valence-electron chi connectivity index (χ2n) is 9.19. The van der Waals surface area contributed by atoms with E-state index in [9.17, 15) is 9.59 Å². The first-order chi connectivity index (χ1) is 13.9. The minimum absolute atomic E-state index is 0.122. The Morgan fingerprint density at radius 2 is 1.77 bits per heavy atom. The number of aromatic nitrogens is 2. The molecule has 30 heavy (non-hydrogen) atoms. The van der Waals surface area contributed by atoms with Gasteiger partial charge < -0.3 is 15.4 Å². The van der Waals surface area contributed by atoms with Gasteiger partial charge in [0.1, 0.15) is 18.2 Å². The van der Waals surface area contributed by atoms with Crippen LogP contribution in [0.15, 0.2) is 30.3 Å². The Balaban J connectivity index is 1.91. The maximum atomic E-state index is 12.4. The molecule has 1 aromatic heterocycles. The number of urea groups is 1. The van der Waals surface area contributed by atoms with Crippen molar-refractivity contribution in [3.8, 4) is 5.75 Å². The topological polar surface area (TPSA) is 97.3 Å². The highest BCUT2D eigenvalue weighted by molar-refractivity contribution is 5.89. The third kappa shape index (κ3) is 6.79. The second-order valence-corrected chi connectivity index (χ2v) is 9.19. The third-order valence-electron chi connectivity index (χ3n) is 4.17. The van der Waals surface area contributed by atoms with Crippen LogP contribution in [0.3, 0.4) is 0 Å². The molecule has 0 saturated carbocycles. The molecule has 8 heteroatoms. The van der Waals surface area contributed by atoms with Gasteiger partial charge in [0.15, 0.2) is 0 Å². The molecule has 3 amide bonds. The van der Waals surface area contributed by atoms with Crippen molar-refractivity contribution in [2.75, 3.05) is 23.8 Å². The van der Waals surface area contributed by atoms with Crippen molar-refractivity contribution in [3.05, 3.63) is 36.0 Å². The number of hydrogen-bond donors (Lipinski definition) is 3. The van der Waals surface area contributed by atoms with E-state index in [1.807, 2.05) is 31.5 Å². The Morgan fingerprint density at radius 1 is 1.07 bits per heavy atom. The molecule has 0 saturated heterocycles. The lowest BCUT2D eigenvalue weighted by atomic mass is 9.92. The quantitative estimate of drug-likeness (QED) is 0.619. The lowest BCUT2D eigenvalue weighted by Gasteiger charge is -2.23. The molecule has 0 radical (unpaired) electrons. The van der Waals surface area contributed by atoms with E-state index >= 15 is 0 Å². The number of carbonyl (C=O) groups is 2. The predicted molar refractivity (Wildman–Crippen MR) is 119 cm³/mol. The van der Waals surface area contributed by atoms with Crippen LogP contribution in [-0.2, 0) is 15.7 Å². The molecule has 0 aliphatic carbocycles. The van der Waals surface area contributed by atoms with Gasteiger partial charge in [0.25, 0.3) is 0 Å². The summed E-state index contributed by atoms with van der Waals surface area (Å²) in [6, 6.07) is 8.69. The highest BCUT2D eigenvalue weighted by Gasteiger charge is 2.25. The molecule has 1 aromatic carbocycles. The van der Waals surface area contributed by atoms with Crippen LogP contribution in [-0.4, -0.2) is 34.9 Å². The molecular formula is C22H33N5O3. The van der Waals surface area contributed by atoms with E-state index in [1.165, 1.54) is 6.92 Å². The third-order valence-corrected chi connectivity index (χ3v) is 4.17. The molecule has 0 atom stereocenters. The molecule has 0 unspecified atom stereocenters. The largest absolute Gasteiger partial charge is 0.492 e. The molecule has 3 N–H and O–H groups in total. The first-order valence-corrected chi connectivity index (χ1v) is 10.0. The molecule has 2 rings (SSSR count). The first kappa shape index (κ1) is 23.3. The van der Waals surface area contributed by atoms with Gasteiger partial charge in [-0.3, -0.25) is 10.1 Å². The summed E-state index contributed by atoms with van der Waals surface area (Å²) in [5.41, 5.74) is 1.18. The van der Waals surface area contributed by atoms with Crippen LogP contribution >= 0.6 is 0 Å². The van der Waals surface area contributed by atoms with Crippen molar-refractivity contribution in [1.29, 1.82) is 0 Å². The van der Waals surface area contributed by atoms with Gasteiger partial charge in [-0.05, 0) is 32.9 Å². The van der Waals surface area contributed by atoms with E-state index < -0.39 is 0 Å². The maximum Gasteiger partial charge on any atom is 0.320 e. The maximum absolute atomic E-state index is 12.4. The van der Waals surface area contributed by atoms with Crippen LogP contribution in [0.1, 0.15) is 54.2 Å². The number of ether oxygens (including phenoxy) is 1. The molecule has 8 nitrogen and oxygen atoms in total. The van der Waals surface area contributed by atoms with E-state index in [-0.39, 0.29) is 22.9 Å². The lowest BCUT2D eigenvalue weighted by molar-refractivity contribution is -0.114. The van der Waals surface area contributed by atoms with Gasteiger partial charge in [-0.15, -0.1) is 0 Å². The normalized spacial score (nSPS) is 11.7. The van der Waals surface area contributed by atoms with Gasteiger partial charge in [0.05, 0.1) is 17.8 Å². The number of carbonyl (C=O) groups excluding carboxylic acids is 2. The summed E-state index contributed by atoms with van der Waals surface area (Å²) in [4.78, 5) is 23.5. The lowest BCUT2D eigenvalue weighted by Crippen LogP contribution is -2.34. The van der Waals surface area contributed by atoms with Crippen LogP contribution in [0.5, 0.6) is 5.75 Å². The highest BCUT2D eigenvalue weighted by atomic mass is 16.5. The molecule has 164 valence electrons. The monoisotopic (exact) mass is 415 g/mol. The van der Waals surface area contributed by atoms with Gasteiger partial charge in [0, 0.05) is 30.2 Å². The smallest absolute Gasteiger partial charge is 0.320 e. The van der Waals surface area contributed by atoms with Crippen LogP contribution in [0.4, 0.5) is 16.3 Å². The van der Waals surface area contributed by atoms with Gasteiger partial charge in [0.2, 0.25) is 5.91 Å². The van der Waals surface area contributed by atoms with Crippen molar-refractivity contribution in [2.24, 2.45) is 0 Å². The van der Waals surface area contributed by atoms with Crippen LogP contribution in [0.2, 0.25) is 0 Å². The average molecular weight is 416 g/mol. The van der Waals surface area contributed by atoms with Gasteiger partial charge in [-0.2, -0.15) is 5.10 Å². The number of anilines is 2. The molecule has 2 aromatic rings. The van der Waals surface area contributed by atoms with Crippen LogP contribution in [0.25, 0.3) is 0 Å². The first-order valence-electron chi connectivity index (χ1n) is 10.0. The van der Waals surface area contributed by atoms with Gasteiger partial charge in [-0.25, -0.2) is 9.48 Å². The molecule has 1 heterocycles. The summed E-state index contributed by atoms with van der Waals surface area (Å²) < 4.78 is 7.47. The zero-order valence-corrected chi connectivity index (χ0v) is 18.9. The summed E-state index contributed by atoms with van der Waals surface area (Å²) in [5, 5.41) is 13.1. The van der Waals surface area contributed by atoms with Crippen LogP contribution < -0.4 is 20.7 Å². The Labute approximate surface area is 178 Å². The minimum atomic E-state index is -0.323. The standard InChI is InChI=1S/C22H33N5O3/c1-15(28)24-16-9-8-10-17(13-16)30-12-11-23-20(29)25-19-14-18(21(2,3)4)26-27(19)22(5,6)7/h8-10,13-14H,11-12H2,1-7H3,(H,24,28)(H2,23,25,29). The summed E-state index contributed by atoms with van der Waals surface area (Å²) >= 11 is 0. The van der Waals surface area contributed by atoms with Crippen molar-refractivity contribution in [2.45, 2.75) is 59.4 Å². The molecule has 0 bridgehead atoms. The van der Waals surface area contributed by atoms with E-state index in [2.05, 4.69) is 36.7 Å². The highest BCUT2D eigenvalue weighted by Crippen LogP contribution is 2.28. The molecular weight excluding hydrogens is 382 g/mol. The Hall–Kier alpha value is -3.03. The number of hydrogen-bond acceptors (Lipinski definition) is 4. The fourth-order valence-corrected chi connectivity index (χ4v) is 2.71.